The van der Waals surface area contributed by atoms with Crippen molar-refractivity contribution in [2.45, 2.75) is 34.1 Å². The number of aromatic nitrogens is 3. The van der Waals surface area contributed by atoms with E-state index >= 15 is 0 Å². The van der Waals surface area contributed by atoms with Gasteiger partial charge in [-0.2, -0.15) is 5.10 Å². The molecule has 0 aliphatic rings. The number of Topliss-reactive ketones (excluding diaryl/α,β-unsaturated/α-hetero) is 1. The average Bonchev–Trinajstić information content (AvgIpc) is 3.09. The Morgan fingerprint density at radius 2 is 1.68 bits per heavy atom. The fraction of sp³-hybridized carbons (Fsp3) is 0.200. The Balaban J connectivity index is 1.75. The first-order chi connectivity index (χ1) is 14.9. The summed E-state index contributed by atoms with van der Waals surface area (Å²) in [7, 11) is 0. The lowest BCUT2D eigenvalue weighted by Gasteiger charge is -2.09. The SMILES string of the molecule is CCc1ccc(-n2nc(C)c3c(C(=O)Nc4ccc(C(C)=O)cc4)cc(C)nc32)cc1. The molecule has 0 saturated carbocycles. The van der Waals surface area contributed by atoms with E-state index in [0.717, 1.165) is 28.9 Å². The second-order valence-electron chi connectivity index (χ2n) is 7.61. The molecule has 2 aromatic carbocycles. The second kappa shape index (κ2) is 8.14. The molecule has 0 bridgehead atoms. The standard InChI is InChI=1S/C25H24N4O2/c1-5-18-6-12-21(13-7-18)29-24-23(16(3)28-29)22(14-15(2)26-24)25(31)27-20-10-8-19(9-11-20)17(4)30/h6-14H,5H2,1-4H3,(H,27,31). The highest BCUT2D eigenvalue weighted by Gasteiger charge is 2.20. The summed E-state index contributed by atoms with van der Waals surface area (Å²) in [4.78, 5) is 29.3. The predicted molar refractivity (Wildman–Crippen MR) is 122 cm³/mol. The third kappa shape index (κ3) is 3.97. The highest BCUT2D eigenvalue weighted by Crippen LogP contribution is 2.26. The van der Waals surface area contributed by atoms with Crippen LogP contribution in [0, 0.1) is 13.8 Å². The molecule has 0 saturated heterocycles. The molecule has 6 nitrogen and oxygen atoms in total. The maximum absolute atomic E-state index is 13.1. The molecule has 2 aromatic heterocycles. The minimum atomic E-state index is -0.241. The molecular weight excluding hydrogens is 388 g/mol. The number of fused-ring (bicyclic) bond motifs is 1. The summed E-state index contributed by atoms with van der Waals surface area (Å²) in [6.45, 7) is 7.38. The maximum atomic E-state index is 13.1. The molecule has 31 heavy (non-hydrogen) atoms. The number of carbonyl (C=O) groups is 2. The summed E-state index contributed by atoms with van der Waals surface area (Å²) >= 11 is 0. The molecule has 2 heterocycles. The number of ketones is 1. The largest absolute Gasteiger partial charge is 0.322 e. The van der Waals surface area contributed by atoms with Gasteiger partial charge in [0.15, 0.2) is 11.4 Å². The van der Waals surface area contributed by atoms with Crippen LogP contribution in [0.3, 0.4) is 0 Å². The van der Waals surface area contributed by atoms with Gasteiger partial charge in [-0.15, -0.1) is 0 Å². The van der Waals surface area contributed by atoms with E-state index in [-0.39, 0.29) is 11.7 Å². The smallest absolute Gasteiger partial charge is 0.256 e. The zero-order valence-corrected chi connectivity index (χ0v) is 18.1. The summed E-state index contributed by atoms with van der Waals surface area (Å²) in [6.07, 6.45) is 0.967. The third-order valence-corrected chi connectivity index (χ3v) is 5.32. The van der Waals surface area contributed by atoms with Crippen molar-refractivity contribution >= 4 is 28.4 Å². The monoisotopic (exact) mass is 412 g/mol. The van der Waals surface area contributed by atoms with Crippen molar-refractivity contribution in [2.24, 2.45) is 0 Å². The van der Waals surface area contributed by atoms with Crippen molar-refractivity contribution in [3.63, 3.8) is 0 Å². The number of amides is 1. The van der Waals surface area contributed by atoms with Gasteiger partial charge in [-0.05, 0) is 75.2 Å². The fourth-order valence-corrected chi connectivity index (χ4v) is 3.63. The molecule has 1 amide bonds. The second-order valence-corrected chi connectivity index (χ2v) is 7.61. The zero-order valence-electron chi connectivity index (χ0n) is 18.1. The van der Waals surface area contributed by atoms with Gasteiger partial charge in [0, 0.05) is 16.9 Å². The molecule has 0 aliphatic carbocycles. The first kappa shape index (κ1) is 20.5. The Morgan fingerprint density at radius 3 is 2.29 bits per heavy atom. The summed E-state index contributed by atoms with van der Waals surface area (Å²) in [5.41, 5.74) is 6.02. The zero-order chi connectivity index (χ0) is 22.1. The number of carbonyl (C=O) groups excluding carboxylic acids is 2. The Hall–Kier alpha value is -3.80. The lowest BCUT2D eigenvalue weighted by atomic mass is 10.1. The van der Waals surface area contributed by atoms with E-state index in [1.807, 2.05) is 26.0 Å². The molecule has 4 aromatic rings. The third-order valence-electron chi connectivity index (χ3n) is 5.32. The number of nitrogens with zero attached hydrogens (tertiary/aromatic N) is 3. The molecule has 0 atom stereocenters. The van der Waals surface area contributed by atoms with Crippen molar-refractivity contribution in [1.29, 1.82) is 0 Å². The number of hydrogen-bond acceptors (Lipinski definition) is 4. The summed E-state index contributed by atoms with van der Waals surface area (Å²) in [5.74, 6) is -0.255. The van der Waals surface area contributed by atoms with Gasteiger partial charge in [0.05, 0.1) is 22.3 Å². The van der Waals surface area contributed by atoms with Crippen LogP contribution < -0.4 is 5.32 Å². The highest BCUT2D eigenvalue weighted by atomic mass is 16.1. The first-order valence-corrected chi connectivity index (χ1v) is 10.3. The molecule has 4 rings (SSSR count). The van der Waals surface area contributed by atoms with Gasteiger partial charge in [0.1, 0.15) is 0 Å². The van der Waals surface area contributed by atoms with Crippen molar-refractivity contribution in [1.82, 2.24) is 14.8 Å². The van der Waals surface area contributed by atoms with Crippen LogP contribution in [0.2, 0.25) is 0 Å². The number of hydrogen-bond donors (Lipinski definition) is 1. The van der Waals surface area contributed by atoms with Crippen molar-refractivity contribution in [2.75, 3.05) is 5.32 Å². The quantitative estimate of drug-likeness (QED) is 0.465. The molecule has 0 radical (unpaired) electrons. The van der Waals surface area contributed by atoms with Crippen LogP contribution in [0.5, 0.6) is 0 Å². The van der Waals surface area contributed by atoms with E-state index in [0.29, 0.717) is 22.5 Å². The summed E-state index contributed by atoms with van der Waals surface area (Å²) in [5, 5.41) is 8.32. The lowest BCUT2D eigenvalue weighted by Crippen LogP contribution is -2.13. The predicted octanol–water partition coefficient (Wildman–Crippen LogP) is 5.05. The van der Waals surface area contributed by atoms with Gasteiger partial charge in [0.25, 0.3) is 5.91 Å². The molecule has 0 spiro atoms. The summed E-state index contributed by atoms with van der Waals surface area (Å²) in [6, 6.07) is 16.8. The van der Waals surface area contributed by atoms with Gasteiger partial charge in [0.2, 0.25) is 0 Å². The average molecular weight is 412 g/mol. The Morgan fingerprint density at radius 1 is 1.00 bits per heavy atom. The minimum absolute atomic E-state index is 0.0145. The van der Waals surface area contributed by atoms with Crippen molar-refractivity contribution in [3.05, 3.63) is 82.7 Å². The van der Waals surface area contributed by atoms with E-state index in [1.54, 1.807) is 35.0 Å². The van der Waals surface area contributed by atoms with Crippen LogP contribution in [-0.4, -0.2) is 26.5 Å². The van der Waals surface area contributed by atoms with Gasteiger partial charge >= 0.3 is 0 Å². The number of nitrogens with one attached hydrogen (secondary N) is 1. The van der Waals surface area contributed by atoms with Crippen LogP contribution in [0.15, 0.2) is 54.6 Å². The van der Waals surface area contributed by atoms with Crippen LogP contribution >= 0.6 is 0 Å². The Labute approximate surface area is 180 Å². The van der Waals surface area contributed by atoms with Gasteiger partial charge in [-0.25, -0.2) is 9.67 Å². The number of aryl methyl sites for hydroxylation is 3. The van der Waals surface area contributed by atoms with E-state index in [2.05, 4.69) is 34.5 Å². The number of rotatable bonds is 5. The van der Waals surface area contributed by atoms with Crippen molar-refractivity contribution < 1.29 is 9.59 Å². The Bertz CT molecular complexity index is 1290. The van der Waals surface area contributed by atoms with E-state index in [1.165, 1.54) is 12.5 Å². The van der Waals surface area contributed by atoms with Gasteiger partial charge in [-0.1, -0.05) is 19.1 Å². The number of anilines is 1. The molecule has 6 heteroatoms. The van der Waals surface area contributed by atoms with Crippen LogP contribution in [-0.2, 0) is 6.42 Å². The van der Waals surface area contributed by atoms with Crippen LogP contribution in [0.25, 0.3) is 16.7 Å². The molecule has 156 valence electrons. The fourth-order valence-electron chi connectivity index (χ4n) is 3.63. The van der Waals surface area contributed by atoms with E-state index in [4.69, 9.17) is 0 Å². The lowest BCUT2D eigenvalue weighted by molar-refractivity contribution is 0.101. The van der Waals surface area contributed by atoms with Crippen LogP contribution in [0.1, 0.15) is 51.5 Å². The minimum Gasteiger partial charge on any atom is -0.322 e. The van der Waals surface area contributed by atoms with Gasteiger partial charge in [-0.3, -0.25) is 9.59 Å². The molecular formula is C25H24N4O2. The maximum Gasteiger partial charge on any atom is 0.256 e. The molecule has 0 fully saturated rings. The van der Waals surface area contributed by atoms with E-state index in [9.17, 15) is 9.59 Å². The Kier molecular flexibility index (Phi) is 5.38. The first-order valence-electron chi connectivity index (χ1n) is 10.3. The summed E-state index contributed by atoms with van der Waals surface area (Å²) < 4.78 is 1.79. The molecule has 1 N–H and O–H groups in total. The molecule has 0 aliphatic heterocycles. The van der Waals surface area contributed by atoms with Crippen molar-refractivity contribution in [3.8, 4) is 5.69 Å². The highest BCUT2D eigenvalue weighted by molar-refractivity contribution is 6.13. The topological polar surface area (TPSA) is 76.9 Å². The van der Waals surface area contributed by atoms with Gasteiger partial charge < -0.3 is 5.32 Å². The number of pyridine rings is 1. The molecule has 0 unspecified atom stereocenters. The number of benzene rings is 2. The van der Waals surface area contributed by atoms with E-state index < -0.39 is 0 Å². The normalized spacial score (nSPS) is 11.0. The van der Waals surface area contributed by atoms with Crippen LogP contribution in [0.4, 0.5) is 5.69 Å².